The van der Waals surface area contributed by atoms with Gasteiger partial charge in [0.1, 0.15) is 17.6 Å². The Labute approximate surface area is 156 Å². The van der Waals surface area contributed by atoms with Gasteiger partial charge in [-0.15, -0.1) is 0 Å². The van der Waals surface area contributed by atoms with E-state index in [-0.39, 0.29) is 11.9 Å². The van der Waals surface area contributed by atoms with Crippen molar-refractivity contribution in [3.8, 4) is 17.2 Å². The van der Waals surface area contributed by atoms with Gasteiger partial charge in [-0.1, -0.05) is 23.2 Å². The topological polar surface area (TPSA) is 30.5 Å². The van der Waals surface area contributed by atoms with E-state index in [1.807, 2.05) is 0 Å². The maximum atomic E-state index is 14.1. The van der Waals surface area contributed by atoms with Crippen molar-refractivity contribution in [3.05, 3.63) is 52.3 Å². The predicted octanol–water partition coefficient (Wildman–Crippen LogP) is 5.59. The van der Waals surface area contributed by atoms with Gasteiger partial charge in [0.2, 0.25) is 0 Å². The predicted molar refractivity (Wildman–Crippen MR) is 96.5 cm³/mol. The van der Waals surface area contributed by atoms with Crippen molar-refractivity contribution in [2.24, 2.45) is 0 Å². The van der Waals surface area contributed by atoms with Crippen LogP contribution < -0.4 is 14.8 Å². The fourth-order valence-electron chi connectivity index (χ4n) is 3.60. The molecule has 2 aromatic rings. The van der Waals surface area contributed by atoms with Gasteiger partial charge in [0.05, 0.1) is 10.0 Å². The van der Waals surface area contributed by atoms with E-state index in [9.17, 15) is 4.39 Å². The van der Waals surface area contributed by atoms with Crippen LogP contribution in [0.5, 0.6) is 17.2 Å². The average molecular weight is 382 g/mol. The van der Waals surface area contributed by atoms with E-state index < -0.39 is 5.82 Å². The summed E-state index contributed by atoms with van der Waals surface area (Å²) in [5.74, 6) is 0.685. The highest BCUT2D eigenvalue weighted by atomic mass is 35.5. The molecular formula is C19H18Cl2FNO2. The Morgan fingerprint density at radius 3 is 2.36 bits per heavy atom. The first-order valence-electron chi connectivity index (χ1n) is 8.42. The number of hydrogen-bond acceptors (Lipinski definition) is 3. The summed E-state index contributed by atoms with van der Waals surface area (Å²) in [6.07, 6.45) is 4.54. The largest absolute Gasteiger partial charge is 0.490 e. The fourth-order valence-corrected chi connectivity index (χ4v) is 3.88. The Morgan fingerprint density at radius 2 is 1.64 bits per heavy atom. The first kappa shape index (κ1) is 17.0. The molecular weight excluding hydrogens is 364 g/mol. The lowest BCUT2D eigenvalue weighted by atomic mass is 10.0. The van der Waals surface area contributed by atoms with Crippen LogP contribution in [0.15, 0.2) is 36.4 Å². The van der Waals surface area contributed by atoms with Gasteiger partial charge in [-0.25, -0.2) is 4.39 Å². The van der Waals surface area contributed by atoms with Crippen LogP contribution in [0.25, 0.3) is 0 Å². The minimum absolute atomic E-state index is 0.104. The van der Waals surface area contributed by atoms with Gasteiger partial charge in [-0.2, -0.15) is 0 Å². The van der Waals surface area contributed by atoms with Gasteiger partial charge in [0.15, 0.2) is 11.6 Å². The van der Waals surface area contributed by atoms with Crippen LogP contribution in [0.3, 0.4) is 0 Å². The van der Waals surface area contributed by atoms with Crippen molar-refractivity contribution in [2.75, 3.05) is 0 Å². The molecule has 3 atom stereocenters. The van der Waals surface area contributed by atoms with E-state index in [0.717, 1.165) is 12.8 Å². The van der Waals surface area contributed by atoms with Crippen LogP contribution in [0.4, 0.5) is 4.39 Å². The van der Waals surface area contributed by atoms with Crippen LogP contribution in [0.2, 0.25) is 10.0 Å². The molecule has 0 spiro atoms. The summed E-state index contributed by atoms with van der Waals surface area (Å²) in [4.78, 5) is 0. The van der Waals surface area contributed by atoms with Crippen LogP contribution in [0, 0.1) is 5.82 Å². The molecule has 0 saturated carbocycles. The summed E-state index contributed by atoms with van der Waals surface area (Å²) in [7, 11) is 0. The quantitative estimate of drug-likeness (QED) is 0.748. The molecule has 0 amide bonds. The van der Waals surface area contributed by atoms with Crippen LogP contribution in [-0.4, -0.2) is 18.2 Å². The van der Waals surface area contributed by atoms with E-state index in [1.165, 1.54) is 18.9 Å². The highest BCUT2D eigenvalue weighted by Gasteiger charge is 2.34. The van der Waals surface area contributed by atoms with Crippen molar-refractivity contribution < 1.29 is 13.9 Å². The van der Waals surface area contributed by atoms with Gasteiger partial charge < -0.3 is 14.8 Å². The number of halogens is 3. The number of benzene rings is 2. The SMILES string of the molecule is Fc1ccc(OC2C[C@H]3CC[C@@H](C2)N3)cc1Oc1ccc(Cl)c(Cl)c1. The molecule has 0 radical (unpaired) electrons. The number of ether oxygens (including phenoxy) is 2. The minimum atomic E-state index is -0.455. The molecule has 0 aliphatic carbocycles. The Bertz CT molecular complexity index is 774. The zero-order chi connectivity index (χ0) is 17.4. The molecule has 2 saturated heterocycles. The first-order chi connectivity index (χ1) is 12.1. The highest BCUT2D eigenvalue weighted by Crippen LogP contribution is 2.34. The molecule has 2 fully saturated rings. The monoisotopic (exact) mass is 381 g/mol. The molecule has 132 valence electrons. The summed E-state index contributed by atoms with van der Waals surface area (Å²) in [6, 6.07) is 10.5. The van der Waals surface area contributed by atoms with E-state index >= 15 is 0 Å². The molecule has 6 heteroatoms. The molecule has 4 rings (SSSR count). The molecule has 2 aromatic carbocycles. The van der Waals surface area contributed by atoms with Crippen LogP contribution >= 0.6 is 23.2 Å². The Kier molecular flexibility index (Phi) is 4.76. The summed E-state index contributed by atoms with van der Waals surface area (Å²) in [6.45, 7) is 0. The van der Waals surface area contributed by atoms with Crippen LogP contribution in [-0.2, 0) is 0 Å². The van der Waals surface area contributed by atoms with Gasteiger partial charge in [-0.3, -0.25) is 0 Å². The van der Waals surface area contributed by atoms with Crippen molar-refractivity contribution >= 4 is 23.2 Å². The second-order valence-electron chi connectivity index (χ2n) is 6.62. The minimum Gasteiger partial charge on any atom is -0.490 e. The smallest absolute Gasteiger partial charge is 0.166 e. The van der Waals surface area contributed by atoms with Crippen molar-refractivity contribution in [3.63, 3.8) is 0 Å². The van der Waals surface area contributed by atoms with E-state index in [4.69, 9.17) is 32.7 Å². The number of hydrogen-bond donors (Lipinski definition) is 1. The zero-order valence-electron chi connectivity index (χ0n) is 13.5. The molecule has 25 heavy (non-hydrogen) atoms. The van der Waals surface area contributed by atoms with Crippen molar-refractivity contribution in [2.45, 2.75) is 43.9 Å². The third-order valence-electron chi connectivity index (χ3n) is 4.75. The van der Waals surface area contributed by atoms with Crippen molar-refractivity contribution in [1.82, 2.24) is 5.32 Å². The standard InChI is InChI=1S/C19H18Cl2FNO2/c20-16-5-3-13(9-17(16)21)25-19-10-14(4-6-18(19)22)24-15-7-11-1-2-12(8-15)23-11/h3-6,9-12,15,23H,1-2,7-8H2/t11-,12+,15?. The lowest BCUT2D eigenvalue weighted by Gasteiger charge is -2.29. The lowest BCUT2D eigenvalue weighted by molar-refractivity contribution is 0.137. The number of piperidine rings is 1. The zero-order valence-corrected chi connectivity index (χ0v) is 15.0. The van der Waals surface area contributed by atoms with Crippen molar-refractivity contribution in [1.29, 1.82) is 0 Å². The second-order valence-corrected chi connectivity index (χ2v) is 7.43. The first-order valence-corrected chi connectivity index (χ1v) is 9.17. The van der Waals surface area contributed by atoms with Gasteiger partial charge in [-0.05, 0) is 49.9 Å². The van der Waals surface area contributed by atoms with E-state index in [2.05, 4.69) is 5.32 Å². The normalized spacial score (nSPS) is 25.0. The van der Waals surface area contributed by atoms with Gasteiger partial charge in [0.25, 0.3) is 0 Å². The fraction of sp³-hybridized carbons (Fsp3) is 0.368. The molecule has 2 bridgehead atoms. The molecule has 0 aromatic heterocycles. The average Bonchev–Trinajstić information content (AvgIpc) is 2.93. The Balaban J connectivity index is 1.49. The Hall–Kier alpha value is -1.49. The van der Waals surface area contributed by atoms with Gasteiger partial charge >= 0.3 is 0 Å². The van der Waals surface area contributed by atoms with Gasteiger partial charge in [0, 0.05) is 24.2 Å². The summed E-state index contributed by atoms with van der Waals surface area (Å²) in [5, 5.41) is 4.36. The summed E-state index contributed by atoms with van der Waals surface area (Å²) < 4.78 is 25.8. The Morgan fingerprint density at radius 1 is 0.920 bits per heavy atom. The number of fused-ring (bicyclic) bond motifs is 2. The second kappa shape index (κ2) is 7.02. The van der Waals surface area contributed by atoms with Crippen LogP contribution in [0.1, 0.15) is 25.7 Å². The number of rotatable bonds is 4. The maximum Gasteiger partial charge on any atom is 0.166 e. The molecule has 2 heterocycles. The molecule has 1 unspecified atom stereocenters. The number of nitrogens with one attached hydrogen (secondary N) is 1. The maximum absolute atomic E-state index is 14.1. The highest BCUT2D eigenvalue weighted by molar-refractivity contribution is 6.42. The lowest BCUT2D eigenvalue weighted by Crippen LogP contribution is -2.42. The summed E-state index contributed by atoms with van der Waals surface area (Å²) in [5.41, 5.74) is 0. The van der Waals surface area contributed by atoms with E-state index in [1.54, 1.807) is 30.3 Å². The summed E-state index contributed by atoms with van der Waals surface area (Å²) >= 11 is 11.9. The van der Waals surface area contributed by atoms with E-state index in [0.29, 0.717) is 33.6 Å². The molecule has 2 aliphatic rings. The molecule has 3 nitrogen and oxygen atoms in total. The third-order valence-corrected chi connectivity index (χ3v) is 5.49. The molecule has 2 aliphatic heterocycles. The molecule has 1 N–H and O–H groups in total. The third kappa shape index (κ3) is 3.86.